The molecule has 30 heavy (non-hydrogen) atoms. The number of likely N-dealkylation sites (tertiary alicyclic amines) is 1. The van der Waals surface area contributed by atoms with Crippen molar-refractivity contribution in [1.82, 2.24) is 4.90 Å². The highest BCUT2D eigenvalue weighted by Gasteiger charge is 2.52. The van der Waals surface area contributed by atoms with Gasteiger partial charge in [0.1, 0.15) is 5.92 Å². The highest BCUT2D eigenvalue weighted by atomic mass is 16.5. The number of amides is 1. The Balaban J connectivity index is 1.81. The van der Waals surface area contributed by atoms with Crippen LogP contribution in [0.15, 0.2) is 65.5 Å². The number of carbonyl (C=O) groups is 3. The monoisotopic (exact) mass is 407 g/mol. The number of methoxy groups -OCH3 is 1. The molecule has 1 saturated heterocycles. The summed E-state index contributed by atoms with van der Waals surface area (Å²) in [7, 11) is 1.40. The third-order valence-corrected chi connectivity index (χ3v) is 5.12. The zero-order chi connectivity index (χ0) is 21.3. The van der Waals surface area contributed by atoms with Crippen LogP contribution in [0.5, 0.6) is 11.5 Å². The summed E-state index contributed by atoms with van der Waals surface area (Å²) in [5.41, 5.74) is 1.26. The zero-order valence-corrected chi connectivity index (χ0v) is 16.1. The average molecular weight is 407 g/mol. The van der Waals surface area contributed by atoms with Gasteiger partial charge in [-0.1, -0.05) is 6.07 Å². The van der Waals surface area contributed by atoms with Gasteiger partial charge in [0.05, 0.1) is 26.0 Å². The lowest BCUT2D eigenvalue weighted by Gasteiger charge is -2.27. The molecule has 8 heteroatoms. The van der Waals surface area contributed by atoms with Gasteiger partial charge in [-0.05, 0) is 35.9 Å². The van der Waals surface area contributed by atoms with Gasteiger partial charge in [0.15, 0.2) is 29.7 Å². The Labute approximate surface area is 171 Å². The second-order valence-electron chi connectivity index (χ2n) is 6.90. The second kappa shape index (κ2) is 7.82. The van der Waals surface area contributed by atoms with Crippen LogP contribution in [0, 0.1) is 5.92 Å². The summed E-state index contributed by atoms with van der Waals surface area (Å²) >= 11 is 0. The Bertz CT molecular complexity index is 1090. The van der Waals surface area contributed by atoms with Gasteiger partial charge < -0.3 is 19.2 Å². The molecule has 2 atom stereocenters. The first-order valence-corrected chi connectivity index (χ1v) is 9.25. The molecule has 3 aromatic rings. The minimum absolute atomic E-state index is 0.00628. The number of nitrogens with one attached hydrogen (secondary N) is 1. The summed E-state index contributed by atoms with van der Waals surface area (Å²) in [6.45, 7) is 0.123. The number of aromatic amines is 1. The molecule has 2 N–H and O–H groups in total. The first-order chi connectivity index (χ1) is 14.5. The maximum Gasteiger partial charge on any atom is 0.291 e. The molecular formula is C22H19N2O6+. The van der Waals surface area contributed by atoms with Crippen molar-refractivity contribution in [3.8, 4) is 11.5 Å². The molecule has 1 aromatic carbocycles. The number of benzene rings is 1. The molecule has 4 rings (SSSR count). The molecule has 0 aliphatic carbocycles. The van der Waals surface area contributed by atoms with E-state index >= 15 is 0 Å². The van der Waals surface area contributed by atoms with E-state index in [0.29, 0.717) is 5.56 Å². The number of aromatic hydroxyl groups is 1. The summed E-state index contributed by atoms with van der Waals surface area (Å²) in [5.74, 6) is -3.30. The SMILES string of the molecule is COc1cc(C2C(C(=O)c3ccco3)C(=O)C(=O)N2Cc2ccc[nH+]c2)ccc1O. The van der Waals surface area contributed by atoms with Gasteiger partial charge in [-0.3, -0.25) is 14.4 Å². The number of phenols is 1. The molecule has 2 unspecified atom stereocenters. The molecule has 0 bridgehead atoms. The standard InChI is InChI=1S/C22H18N2O6/c1-29-17-10-14(6-7-15(17)25)19-18(20(26)16-5-3-9-30-16)21(27)22(28)24(19)12-13-4-2-8-23-11-13/h2-11,18-19,25H,12H2,1H3/p+1. The van der Waals surface area contributed by atoms with E-state index in [1.165, 1.54) is 36.5 Å². The van der Waals surface area contributed by atoms with Gasteiger partial charge in [0, 0.05) is 11.6 Å². The Kier molecular flexibility index (Phi) is 5.05. The maximum atomic E-state index is 13.1. The highest BCUT2D eigenvalue weighted by molar-refractivity contribution is 6.43. The number of carbonyl (C=O) groups excluding carboxylic acids is 3. The van der Waals surface area contributed by atoms with Crippen LogP contribution in [0.25, 0.3) is 0 Å². The summed E-state index contributed by atoms with van der Waals surface area (Å²) in [6, 6.07) is 10.2. The number of ketones is 2. The van der Waals surface area contributed by atoms with Gasteiger partial charge in [0.25, 0.3) is 5.91 Å². The van der Waals surface area contributed by atoms with E-state index < -0.39 is 29.4 Å². The fourth-order valence-electron chi connectivity index (χ4n) is 3.70. The summed E-state index contributed by atoms with van der Waals surface area (Å²) in [5, 5.41) is 9.95. The Morgan fingerprint density at radius 2 is 2.07 bits per heavy atom. The average Bonchev–Trinajstić information content (AvgIpc) is 3.38. The van der Waals surface area contributed by atoms with Crippen molar-refractivity contribution in [1.29, 1.82) is 0 Å². The van der Waals surface area contributed by atoms with Crippen molar-refractivity contribution in [2.75, 3.05) is 7.11 Å². The van der Waals surface area contributed by atoms with E-state index in [4.69, 9.17) is 9.15 Å². The van der Waals surface area contributed by atoms with Gasteiger partial charge in [0.2, 0.25) is 11.6 Å². The predicted molar refractivity (Wildman–Crippen MR) is 102 cm³/mol. The Morgan fingerprint density at radius 1 is 1.23 bits per heavy atom. The van der Waals surface area contributed by atoms with E-state index in [9.17, 15) is 19.5 Å². The van der Waals surface area contributed by atoms with Crippen molar-refractivity contribution < 1.29 is 33.6 Å². The summed E-state index contributed by atoms with van der Waals surface area (Å²) in [4.78, 5) is 43.2. The van der Waals surface area contributed by atoms with Gasteiger partial charge in [-0.25, -0.2) is 4.98 Å². The number of hydrogen-bond donors (Lipinski definition) is 1. The largest absolute Gasteiger partial charge is 0.504 e. The first kappa shape index (κ1) is 19.4. The number of H-pyrrole nitrogens is 1. The summed E-state index contributed by atoms with van der Waals surface area (Å²) < 4.78 is 10.4. The number of furan rings is 1. The predicted octanol–water partition coefficient (Wildman–Crippen LogP) is 1.96. The molecule has 3 heterocycles. The fourth-order valence-corrected chi connectivity index (χ4v) is 3.70. The molecule has 1 aliphatic heterocycles. The number of phenolic OH excluding ortho intramolecular Hbond substituents is 1. The minimum Gasteiger partial charge on any atom is -0.504 e. The highest BCUT2D eigenvalue weighted by Crippen LogP contribution is 2.41. The van der Waals surface area contributed by atoms with Gasteiger partial charge in [-0.2, -0.15) is 0 Å². The molecule has 1 aliphatic rings. The molecule has 0 spiro atoms. The van der Waals surface area contributed by atoms with Crippen molar-refractivity contribution in [3.05, 3.63) is 78.0 Å². The van der Waals surface area contributed by atoms with Crippen molar-refractivity contribution in [2.45, 2.75) is 12.6 Å². The van der Waals surface area contributed by atoms with Crippen LogP contribution in [0.3, 0.4) is 0 Å². The zero-order valence-electron chi connectivity index (χ0n) is 16.1. The normalized spacial score (nSPS) is 18.6. The second-order valence-corrected chi connectivity index (χ2v) is 6.90. The van der Waals surface area contributed by atoms with Crippen LogP contribution < -0.4 is 9.72 Å². The molecule has 1 amide bonds. The van der Waals surface area contributed by atoms with Crippen molar-refractivity contribution >= 4 is 17.5 Å². The van der Waals surface area contributed by atoms with E-state index in [1.54, 1.807) is 30.6 Å². The maximum absolute atomic E-state index is 13.1. The lowest BCUT2D eigenvalue weighted by molar-refractivity contribution is -0.378. The van der Waals surface area contributed by atoms with E-state index in [2.05, 4.69) is 4.98 Å². The van der Waals surface area contributed by atoms with Crippen LogP contribution in [-0.4, -0.2) is 34.6 Å². The molecule has 0 saturated carbocycles. The molecule has 2 aromatic heterocycles. The topological polar surface area (TPSA) is 111 Å². The molecule has 1 fully saturated rings. The van der Waals surface area contributed by atoms with Gasteiger partial charge >= 0.3 is 0 Å². The van der Waals surface area contributed by atoms with Crippen molar-refractivity contribution in [3.63, 3.8) is 0 Å². The Hall–Kier alpha value is -3.94. The summed E-state index contributed by atoms with van der Waals surface area (Å²) in [6.07, 6.45) is 4.78. The first-order valence-electron chi connectivity index (χ1n) is 9.25. The van der Waals surface area contributed by atoms with Gasteiger partial charge in [-0.15, -0.1) is 0 Å². The quantitative estimate of drug-likeness (QED) is 0.380. The third-order valence-electron chi connectivity index (χ3n) is 5.12. The van der Waals surface area contributed by atoms with E-state index in [-0.39, 0.29) is 23.8 Å². The number of ether oxygens (including phenoxy) is 1. The minimum atomic E-state index is -1.27. The van der Waals surface area contributed by atoms with Crippen LogP contribution in [0.1, 0.15) is 27.7 Å². The van der Waals surface area contributed by atoms with Crippen LogP contribution in [0.2, 0.25) is 0 Å². The molecular weight excluding hydrogens is 388 g/mol. The molecule has 0 radical (unpaired) electrons. The van der Waals surface area contributed by atoms with Crippen LogP contribution in [-0.2, 0) is 16.1 Å². The van der Waals surface area contributed by atoms with E-state index in [0.717, 1.165) is 5.56 Å². The molecule has 8 nitrogen and oxygen atoms in total. The number of pyridine rings is 1. The fraction of sp³-hybridized carbons (Fsp3) is 0.182. The van der Waals surface area contributed by atoms with Crippen LogP contribution in [0.4, 0.5) is 0 Å². The van der Waals surface area contributed by atoms with Crippen molar-refractivity contribution in [2.24, 2.45) is 5.92 Å². The number of Topliss-reactive ketones (excluding diaryl/α,β-unsaturated/α-hetero) is 2. The lowest BCUT2D eigenvalue weighted by atomic mass is 9.88. The number of nitrogens with zero attached hydrogens (tertiary/aromatic N) is 1. The Morgan fingerprint density at radius 3 is 2.73 bits per heavy atom. The molecule has 152 valence electrons. The third kappa shape index (κ3) is 3.32. The number of rotatable bonds is 6. The van der Waals surface area contributed by atoms with E-state index in [1.807, 2.05) is 6.07 Å². The lowest BCUT2D eigenvalue weighted by Crippen LogP contribution is -2.30. The number of aromatic nitrogens is 1. The van der Waals surface area contributed by atoms with Crippen LogP contribution >= 0.6 is 0 Å². The smallest absolute Gasteiger partial charge is 0.291 e. The number of hydrogen-bond acceptors (Lipinski definition) is 6.